The fourth-order valence-corrected chi connectivity index (χ4v) is 2.86. The molecular weight excluding hydrogens is 196 g/mol. The quantitative estimate of drug-likeness (QED) is 0.718. The van der Waals surface area contributed by atoms with Crippen LogP contribution in [0.5, 0.6) is 0 Å². The predicted molar refractivity (Wildman–Crippen MR) is 71.8 cm³/mol. The molecule has 0 aromatic rings. The Morgan fingerprint density at radius 2 is 1.88 bits per heavy atom. The molecule has 1 fully saturated rings. The zero-order valence-electron chi connectivity index (χ0n) is 11.5. The molecule has 2 nitrogen and oxygen atoms in total. The van der Waals surface area contributed by atoms with Gasteiger partial charge in [-0.2, -0.15) is 0 Å². The molecule has 96 valence electrons. The van der Waals surface area contributed by atoms with E-state index in [9.17, 15) is 0 Å². The maximum atomic E-state index is 3.49. The van der Waals surface area contributed by atoms with Gasteiger partial charge >= 0.3 is 0 Å². The van der Waals surface area contributed by atoms with Crippen molar-refractivity contribution in [2.24, 2.45) is 5.92 Å². The molecule has 0 radical (unpaired) electrons. The van der Waals surface area contributed by atoms with Crippen molar-refractivity contribution < 1.29 is 0 Å². The van der Waals surface area contributed by atoms with Gasteiger partial charge in [-0.05, 0) is 44.8 Å². The number of hydrogen-bond acceptors (Lipinski definition) is 2. The summed E-state index contributed by atoms with van der Waals surface area (Å²) in [5.74, 6) is 1.01. The number of piperidine rings is 1. The molecule has 1 aliphatic heterocycles. The summed E-state index contributed by atoms with van der Waals surface area (Å²) in [5, 5.41) is 3.49. The van der Waals surface area contributed by atoms with Crippen molar-refractivity contribution in [3.63, 3.8) is 0 Å². The summed E-state index contributed by atoms with van der Waals surface area (Å²) in [5.41, 5.74) is 0. The molecule has 1 N–H and O–H groups in total. The summed E-state index contributed by atoms with van der Waals surface area (Å²) in [6.45, 7) is 11.8. The van der Waals surface area contributed by atoms with Crippen LogP contribution in [0, 0.1) is 5.92 Å². The van der Waals surface area contributed by atoms with Crippen LogP contribution in [0.3, 0.4) is 0 Å². The van der Waals surface area contributed by atoms with Gasteiger partial charge in [-0.3, -0.25) is 4.90 Å². The van der Waals surface area contributed by atoms with Crippen molar-refractivity contribution >= 4 is 0 Å². The molecule has 0 bridgehead atoms. The number of likely N-dealkylation sites (N-methyl/N-ethyl adjacent to an activating group) is 1. The van der Waals surface area contributed by atoms with Crippen LogP contribution in [0.4, 0.5) is 0 Å². The van der Waals surface area contributed by atoms with E-state index < -0.39 is 0 Å². The second-order valence-corrected chi connectivity index (χ2v) is 5.14. The van der Waals surface area contributed by atoms with E-state index >= 15 is 0 Å². The van der Waals surface area contributed by atoms with E-state index in [1.807, 2.05) is 0 Å². The van der Waals surface area contributed by atoms with E-state index in [-0.39, 0.29) is 0 Å². The van der Waals surface area contributed by atoms with Gasteiger partial charge in [0.05, 0.1) is 0 Å². The lowest BCUT2D eigenvalue weighted by molar-refractivity contribution is 0.124. The van der Waals surface area contributed by atoms with Gasteiger partial charge in [0.2, 0.25) is 0 Å². The van der Waals surface area contributed by atoms with Crippen LogP contribution in [0.1, 0.15) is 52.9 Å². The van der Waals surface area contributed by atoms with Crippen molar-refractivity contribution in [1.29, 1.82) is 0 Å². The molecule has 0 amide bonds. The first-order chi connectivity index (χ1) is 7.81. The van der Waals surface area contributed by atoms with Crippen LogP contribution in [-0.4, -0.2) is 37.1 Å². The Morgan fingerprint density at radius 3 is 2.38 bits per heavy atom. The molecule has 0 spiro atoms. The van der Waals surface area contributed by atoms with Gasteiger partial charge in [0.25, 0.3) is 0 Å². The van der Waals surface area contributed by atoms with Crippen molar-refractivity contribution in [2.75, 3.05) is 26.2 Å². The minimum atomic E-state index is 0.766. The molecule has 0 saturated carbocycles. The average Bonchev–Trinajstić information content (AvgIpc) is 2.32. The third-order valence-electron chi connectivity index (χ3n) is 3.96. The Morgan fingerprint density at radius 1 is 1.19 bits per heavy atom. The second kappa shape index (κ2) is 8.08. The lowest BCUT2D eigenvalue weighted by atomic mass is 9.91. The Bertz CT molecular complexity index is 162. The maximum Gasteiger partial charge on any atom is 0.0218 e. The average molecular weight is 226 g/mol. The van der Waals surface area contributed by atoms with Crippen molar-refractivity contribution in [1.82, 2.24) is 10.2 Å². The lowest BCUT2D eigenvalue weighted by Gasteiger charge is -2.37. The van der Waals surface area contributed by atoms with Gasteiger partial charge in [-0.1, -0.05) is 33.6 Å². The normalized spacial score (nSPS) is 21.2. The maximum absolute atomic E-state index is 3.49. The van der Waals surface area contributed by atoms with Crippen LogP contribution in [-0.2, 0) is 0 Å². The smallest absolute Gasteiger partial charge is 0.0218 e. The molecule has 0 aromatic heterocycles. The first-order valence-corrected chi connectivity index (χ1v) is 7.26. The largest absolute Gasteiger partial charge is 0.315 e. The summed E-state index contributed by atoms with van der Waals surface area (Å²) >= 11 is 0. The topological polar surface area (TPSA) is 15.3 Å². The molecular formula is C14H30N2. The van der Waals surface area contributed by atoms with Gasteiger partial charge in [0, 0.05) is 12.6 Å². The molecule has 0 aliphatic carbocycles. The Balaban J connectivity index is 2.27. The van der Waals surface area contributed by atoms with Gasteiger partial charge < -0.3 is 5.32 Å². The van der Waals surface area contributed by atoms with Crippen LogP contribution in [0.2, 0.25) is 0 Å². The molecule has 1 saturated heterocycles. The summed E-state index contributed by atoms with van der Waals surface area (Å²) in [7, 11) is 0. The number of rotatable bonds is 7. The Kier molecular flexibility index (Phi) is 7.06. The summed E-state index contributed by atoms with van der Waals surface area (Å²) < 4.78 is 0. The SMILES string of the molecule is CCCC1CCN(C(CC)CNCC)CC1. The number of nitrogens with zero attached hydrogens (tertiary/aromatic N) is 1. The lowest BCUT2D eigenvalue weighted by Crippen LogP contribution is -2.46. The summed E-state index contributed by atoms with van der Waals surface area (Å²) in [4.78, 5) is 2.70. The standard InChI is InChI=1S/C14H30N2/c1-4-7-13-8-10-16(11-9-13)14(5-2)12-15-6-3/h13-15H,4-12H2,1-3H3. The van der Waals surface area contributed by atoms with E-state index in [0.29, 0.717) is 0 Å². The van der Waals surface area contributed by atoms with Crippen LogP contribution >= 0.6 is 0 Å². The fraction of sp³-hybridized carbons (Fsp3) is 1.00. The Hall–Kier alpha value is -0.0800. The number of nitrogens with one attached hydrogen (secondary N) is 1. The molecule has 1 rings (SSSR count). The molecule has 1 unspecified atom stereocenters. The van der Waals surface area contributed by atoms with E-state index in [2.05, 4.69) is 31.0 Å². The predicted octanol–water partition coefficient (Wildman–Crippen LogP) is 2.89. The third-order valence-corrected chi connectivity index (χ3v) is 3.96. The van der Waals surface area contributed by atoms with Crippen molar-refractivity contribution in [3.8, 4) is 0 Å². The van der Waals surface area contributed by atoms with Crippen LogP contribution in [0.25, 0.3) is 0 Å². The van der Waals surface area contributed by atoms with Crippen molar-refractivity contribution in [3.05, 3.63) is 0 Å². The molecule has 0 aromatic carbocycles. The monoisotopic (exact) mass is 226 g/mol. The zero-order valence-corrected chi connectivity index (χ0v) is 11.5. The van der Waals surface area contributed by atoms with E-state index in [0.717, 1.165) is 18.5 Å². The van der Waals surface area contributed by atoms with Gasteiger partial charge in [-0.25, -0.2) is 0 Å². The van der Waals surface area contributed by atoms with Crippen molar-refractivity contribution in [2.45, 2.75) is 58.9 Å². The first kappa shape index (κ1) is 14.0. The van der Waals surface area contributed by atoms with Gasteiger partial charge in [0.15, 0.2) is 0 Å². The van der Waals surface area contributed by atoms with Crippen LogP contribution < -0.4 is 5.32 Å². The molecule has 2 heteroatoms. The van der Waals surface area contributed by atoms with Gasteiger partial charge in [0.1, 0.15) is 0 Å². The number of hydrogen-bond donors (Lipinski definition) is 1. The minimum absolute atomic E-state index is 0.766. The molecule has 16 heavy (non-hydrogen) atoms. The molecule has 1 heterocycles. The highest BCUT2D eigenvalue weighted by atomic mass is 15.2. The molecule has 1 atom stereocenters. The second-order valence-electron chi connectivity index (χ2n) is 5.14. The number of likely N-dealkylation sites (tertiary alicyclic amines) is 1. The highest BCUT2D eigenvalue weighted by Gasteiger charge is 2.23. The van der Waals surface area contributed by atoms with E-state index in [4.69, 9.17) is 0 Å². The third kappa shape index (κ3) is 4.42. The fourth-order valence-electron chi connectivity index (χ4n) is 2.86. The summed E-state index contributed by atoms with van der Waals surface area (Å²) in [6.07, 6.45) is 6.94. The van der Waals surface area contributed by atoms with E-state index in [1.54, 1.807) is 0 Å². The zero-order chi connectivity index (χ0) is 11.8. The first-order valence-electron chi connectivity index (χ1n) is 7.26. The highest BCUT2D eigenvalue weighted by molar-refractivity contribution is 4.79. The van der Waals surface area contributed by atoms with Crippen LogP contribution in [0.15, 0.2) is 0 Å². The van der Waals surface area contributed by atoms with Gasteiger partial charge in [-0.15, -0.1) is 0 Å². The summed E-state index contributed by atoms with van der Waals surface area (Å²) in [6, 6.07) is 0.766. The Labute approximate surface area is 102 Å². The molecule has 1 aliphatic rings. The minimum Gasteiger partial charge on any atom is -0.315 e. The van der Waals surface area contributed by atoms with E-state index in [1.165, 1.54) is 51.7 Å². The highest BCUT2D eigenvalue weighted by Crippen LogP contribution is 2.23.